The highest BCUT2D eigenvalue weighted by molar-refractivity contribution is 7.26. The van der Waals surface area contributed by atoms with Gasteiger partial charge in [-0.25, -0.2) is 0 Å². The molecule has 10 aromatic rings. The molecule has 3 heteroatoms. The van der Waals surface area contributed by atoms with Gasteiger partial charge >= 0.3 is 0 Å². The molecule has 198 valence electrons. The van der Waals surface area contributed by atoms with Gasteiger partial charge in [-0.2, -0.15) is 0 Å². The smallest absolute Gasteiger partial charge is 0.0971 e. The summed E-state index contributed by atoms with van der Waals surface area (Å²) in [4.78, 5) is 9.48. The molecule has 0 aliphatic rings. The van der Waals surface area contributed by atoms with E-state index in [4.69, 9.17) is 9.97 Å². The fourth-order valence-electron chi connectivity index (χ4n) is 7.10. The maximum absolute atomic E-state index is 4.77. The molecule has 0 spiro atoms. The van der Waals surface area contributed by atoms with Crippen LogP contribution < -0.4 is 0 Å². The summed E-state index contributed by atoms with van der Waals surface area (Å²) in [5, 5.41) is 12.6. The first-order valence-electron chi connectivity index (χ1n) is 14.6. The molecule has 0 aliphatic carbocycles. The van der Waals surface area contributed by atoms with Crippen LogP contribution in [0, 0.1) is 0 Å². The molecule has 2 aromatic heterocycles. The van der Waals surface area contributed by atoms with Crippen LogP contribution in [0.4, 0.5) is 0 Å². The topological polar surface area (TPSA) is 25.8 Å². The van der Waals surface area contributed by atoms with E-state index in [2.05, 4.69) is 121 Å². The molecular formula is C40H22N2S. The van der Waals surface area contributed by atoms with Crippen molar-refractivity contribution in [2.24, 2.45) is 0 Å². The van der Waals surface area contributed by atoms with Gasteiger partial charge in [0.1, 0.15) is 0 Å². The van der Waals surface area contributed by atoms with Crippen molar-refractivity contribution < 1.29 is 0 Å². The molecule has 0 aliphatic heterocycles. The molecule has 0 atom stereocenters. The van der Waals surface area contributed by atoms with Crippen LogP contribution in [0.5, 0.6) is 0 Å². The average molecular weight is 563 g/mol. The molecule has 43 heavy (non-hydrogen) atoms. The fourth-order valence-corrected chi connectivity index (χ4v) is 8.26. The van der Waals surface area contributed by atoms with Gasteiger partial charge < -0.3 is 0 Å². The molecule has 0 saturated heterocycles. The Bertz CT molecular complexity index is 2700. The van der Waals surface area contributed by atoms with E-state index in [1.165, 1.54) is 74.7 Å². The molecule has 8 aromatic carbocycles. The molecule has 2 nitrogen and oxygen atoms in total. The fraction of sp³-hybridized carbons (Fsp3) is 0. The molecule has 0 amide bonds. The van der Waals surface area contributed by atoms with E-state index in [1.807, 2.05) is 11.3 Å². The molecule has 0 unspecified atom stereocenters. The zero-order chi connectivity index (χ0) is 28.1. The van der Waals surface area contributed by atoms with Gasteiger partial charge in [0.05, 0.1) is 11.0 Å². The molecule has 2 heterocycles. The van der Waals surface area contributed by atoms with Gasteiger partial charge in [-0.1, -0.05) is 91.0 Å². The largest absolute Gasteiger partial charge is 0.252 e. The molecule has 0 fully saturated rings. The van der Waals surface area contributed by atoms with Crippen LogP contribution in [0.3, 0.4) is 0 Å². The van der Waals surface area contributed by atoms with E-state index in [0.717, 1.165) is 21.8 Å². The van der Waals surface area contributed by atoms with Crippen LogP contribution in [0.2, 0.25) is 0 Å². The summed E-state index contributed by atoms with van der Waals surface area (Å²) in [5.41, 5.74) is 6.82. The standard InChI is InChI=1S/C40H22N2S/c1-2-6-33-30(5-1)31-14-13-27(22-34(31)40-39(33)41-18-19-42-40)25-8-9-26-21-28(11-10-24(26)20-25)29-16-17-36-38-32(29)15-12-23-4-3-7-35(43-36)37(23)38/h1-22H. The molecule has 0 radical (unpaired) electrons. The summed E-state index contributed by atoms with van der Waals surface area (Å²) < 4.78 is 2.72. The molecular weight excluding hydrogens is 541 g/mol. The predicted octanol–water partition coefficient (Wildman–Crippen LogP) is 11.4. The highest BCUT2D eigenvalue weighted by atomic mass is 32.1. The summed E-state index contributed by atoms with van der Waals surface area (Å²) in [7, 11) is 0. The van der Waals surface area contributed by atoms with Crippen LogP contribution in [-0.2, 0) is 0 Å². The second-order valence-electron chi connectivity index (χ2n) is 11.4. The molecule has 0 N–H and O–H groups in total. The summed E-state index contributed by atoms with van der Waals surface area (Å²) in [6.45, 7) is 0. The van der Waals surface area contributed by atoms with Gasteiger partial charge in [-0.15, -0.1) is 11.3 Å². The van der Waals surface area contributed by atoms with Crippen molar-refractivity contribution in [3.8, 4) is 22.3 Å². The van der Waals surface area contributed by atoms with Gasteiger partial charge in [0, 0.05) is 43.3 Å². The minimum atomic E-state index is 0.948. The number of hydrogen-bond acceptors (Lipinski definition) is 3. The number of aromatic nitrogens is 2. The quantitative estimate of drug-likeness (QED) is 0.196. The molecule has 10 rings (SSSR count). The van der Waals surface area contributed by atoms with Crippen molar-refractivity contribution in [1.29, 1.82) is 0 Å². The first-order valence-corrected chi connectivity index (χ1v) is 15.4. The Kier molecular flexibility index (Phi) is 4.63. The van der Waals surface area contributed by atoms with Gasteiger partial charge in [-0.05, 0) is 84.9 Å². The highest BCUT2D eigenvalue weighted by Crippen LogP contribution is 2.44. The van der Waals surface area contributed by atoms with Crippen LogP contribution in [-0.4, -0.2) is 9.97 Å². The van der Waals surface area contributed by atoms with E-state index in [-0.39, 0.29) is 0 Å². The van der Waals surface area contributed by atoms with Crippen LogP contribution in [0.15, 0.2) is 134 Å². The third kappa shape index (κ3) is 3.28. The summed E-state index contributed by atoms with van der Waals surface area (Å²) in [6.07, 6.45) is 3.57. The normalized spacial score (nSPS) is 12.2. The number of hydrogen-bond donors (Lipinski definition) is 0. The SMILES string of the molecule is c1cc2ccc3c(-c4ccc5cc(-c6ccc7c8ccccc8c8nccnc8c7c6)ccc5c4)ccc4sc(c1)c2c43. The Morgan fingerprint density at radius 3 is 1.93 bits per heavy atom. The molecule has 0 bridgehead atoms. The van der Waals surface area contributed by atoms with E-state index >= 15 is 0 Å². The van der Waals surface area contributed by atoms with Gasteiger partial charge in [0.15, 0.2) is 0 Å². The predicted molar refractivity (Wildman–Crippen MR) is 185 cm³/mol. The van der Waals surface area contributed by atoms with Gasteiger partial charge in [0.25, 0.3) is 0 Å². The van der Waals surface area contributed by atoms with Crippen molar-refractivity contribution in [1.82, 2.24) is 9.97 Å². The lowest BCUT2D eigenvalue weighted by Crippen LogP contribution is -1.89. The van der Waals surface area contributed by atoms with Crippen molar-refractivity contribution in [3.05, 3.63) is 134 Å². The summed E-state index contributed by atoms with van der Waals surface area (Å²) in [6, 6.07) is 44.7. The minimum Gasteiger partial charge on any atom is -0.252 e. The summed E-state index contributed by atoms with van der Waals surface area (Å²) >= 11 is 1.89. The lowest BCUT2D eigenvalue weighted by molar-refractivity contribution is 1.31. The van der Waals surface area contributed by atoms with E-state index in [1.54, 1.807) is 12.4 Å². The lowest BCUT2D eigenvalue weighted by atomic mass is 9.92. The lowest BCUT2D eigenvalue weighted by Gasteiger charge is -2.12. The van der Waals surface area contributed by atoms with Crippen molar-refractivity contribution >= 4 is 85.6 Å². The number of benzene rings is 8. The monoisotopic (exact) mass is 562 g/mol. The molecule has 0 saturated carbocycles. The van der Waals surface area contributed by atoms with Crippen LogP contribution in [0.25, 0.3) is 96.5 Å². The summed E-state index contributed by atoms with van der Waals surface area (Å²) in [5.74, 6) is 0. The third-order valence-electron chi connectivity index (χ3n) is 9.10. The van der Waals surface area contributed by atoms with E-state index in [0.29, 0.717) is 0 Å². The van der Waals surface area contributed by atoms with Crippen LogP contribution >= 0.6 is 11.3 Å². The van der Waals surface area contributed by atoms with Crippen molar-refractivity contribution in [2.75, 3.05) is 0 Å². The third-order valence-corrected chi connectivity index (χ3v) is 10.2. The van der Waals surface area contributed by atoms with Gasteiger partial charge in [0.2, 0.25) is 0 Å². The maximum atomic E-state index is 4.77. The van der Waals surface area contributed by atoms with E-state index < -0.39 is 0 Å². The van der Waals surface area contributed by atoms with Gasteiger partial charge in [-0.3, -0.25) is 9.97 Å². The number of nitrogens with zero attached hydrogens (tertiary/aromatic N) is 2. The second kappa shape index (κ2) is 8.57. The number of rotatable bonds is 2. The first kappa shape index (κ1) is 23.2. The zero-order valence-electron chi connectivity index (χ0n) is 23.0. The first-order chi connectivity index (χ1) is 21.3. The van der Waals surface area contributed by atoms with Crippen LogP contribution in [0.1, 0.15) is 0 Å². The maximum Gasteiger partial charge on any atom is 0.0971 e. The number of thiophene rings is 1. The Balaban J connectivity index is 1.11. The highest BCUT2D eigenvalue weighted by Gasteiger charge is 2.15. The minimum absolute atomic E-state index is 0.948. The Labute approximate surface area is 250 Å². The van der Waals surface area contributed by atoms with E-state index in [9.17, 15) is 0 Å². The second-order valence-corrected chi connectivity index (χ2v) is 12.5. The zero-order valence-corrected chi connectivity index (χ0v) is 23.8. The average Bonchev–Trinajstić information content (AvgIpc) is 3.47. The Morgan fingerprint density at radius 1 is 0.395 bits per heavy atom. The van der Waals surface area contributed by atoms with Crippen molar-refractivity contribution in [3.63, 3.8) is 0 Å². The Morgan fingerprint density at radius 2 is 1.05 bits per heavy atom. The Hall–Kier alpha value is -5.38. The number of fused-ring (bicyclic) bond motifs is 7. The van der Waals surface area contributed by atoms with Crippen molar-refractivity contribution in [2.45, 2.75) is 0 Å².